The number of fused-ring (bicyclic) bond motifs is 4. The molecule has 3 fully saturated rings. The number of nitrogens with zero attached hydrogens (tertiary/aromatic N) is 6. The van der Waals surface area contributed by atoms with Crippen molar-refractivity contribution >= 4 is 29.1 Å². The Balaban J connectivity index is 1.34. The molecule has 1 aliphatic carbocycles. The first kappa shape index (κ1) is 30.1. The summed E-state index contributed by atoms with van der Waals surface area (Å²) in [4.78, 5) is 31.5. The summed E-state index contributed by atoms with van der Waals surface area (Å²) in [5, 5.41) is 12.7. The predicted molar refractivity (Wildman–Crippen MR) is 158 cm³/mol. The van der Waals surface area contributed by atoms with Gasteiger partial charge in [0.15, 0.2) is 5.15 Å². The number of amides is 1. The molecule has 3 aliphatic rings. The van der Waals surface area contributed by atoms with E-state index in [-0.39, 0.29) is 47.0 Å². The maximum atomic E-state index is 14.1. The molecule has 2 aliphatic heterocycles. The van der Waals surface area contributed by atoms with Gasteiger partial charge >= 0.3 is 6.55 Å². The topological polar surface area (TPSA) is 110 Å². The number of hydrogen-bond donors (Lipinski definition) is 2. The van der Waals surface area contributed by atoms with Crippen LogP contribution in [0.25, 0.3) is 16.9 Å². The molecule has 14 heteroatoms. The van der Waals surface area contributed by atoms with Crippen LogP contribution in [0.3, 0.4) is 0 Å². The van der Waals surface area contributed by atoms with E-state index in [4.69, 9.17) is 28.2 Å². The fraction of sp³-hybridized carbons (Fsp3) is 0.552. The number of halogens is 4. The van der Waals surface area contributed by atoms with Crippen LogP contribution in [0.1, 0.15) is 57.9 Å². The summed E-state index contributed by atoms with van der Waals surface area (Å²) in [6.07, 6.45) is 8.42. The summed E-state index contributed by atoms with van der Waals surface area (Å²) in [5.41, 5.74) is 4.26. The molecule has 3 aromatic rings. The van der Waals surface area contributed by atoms with Crippen LogP contribution in [0.2, 0.25) is 10.2 Å². The lowest BCUT2D eigenvalue weighted by atomic mass is 9.72. The monoisotopic (exact) mass is 634 g/mol. The second-order valence-electron chi connectivity index (χ2n) is 11.9. The summed E-state index contributed by atoms with van der Waals surface area (Å²) < 4.78 is 31.4. The maximum Gasteiger partial charge on any atom is 0.307 e. The molecule has 6 atom stereocenters. The molecule has 10 nitrogen and oxygen atoms in total. The Hall–Kier alpha value is -2.93. The van der Waals surface area contributed by atoms with Gasteiger partial charge in [0.25, 0.3) is 5.56 Å². The minimum absolute atomic E-state index is 0.0586. The van der Waals surface area contributed by atoms with Crippen LogP contribution in [-0.2, 0) is 4.79 Å². The number of hydrazine groups is 1. The van der Waals surface area contributed by atoms with Crippen LogP contribution < -0.4 is 16.3 Å². The van der Waals surface area contributed by atoms with Gasteiger partial charge in [-0.05, 0) is 62.1 Å². The van der Waals surface area contributed by atoms with Crippen molar-refractivity contribution < 1.29 is 13.6 Å². The highest BCUT2D eigenvalue weighted by molar-refractivity contribution is 6.31. The molecule has 2 aromatic heterocycles. The van der Waals surface area contributed by atoms with Crippen LogP contribution in [-0.4, -0.2) is 60.6 Å². The molecule has 2 bridgehead atoms. The van der Waals surface area contributed by atoms with Crippen molar-refractivity contribution in [2.24, 2.45) is 17.8 Å². The predicted octanol–water partition coefficient (Wildman–Crippen LogP) is 4.86. The van der Waals surface area contributed by atoms with E-state index in [2.05, 4.69) is 21.1 Å². The Morgan fingerprint density at radius 1 is 1.05 bits per heavy atom. The van der Waals surface area contributed by atoms with Crippen LogP contribution in [0.15, 0.2) is 41.6 Å². The molecule has 230 valence electrons. The minimum Gasteiger partial charge on any atom is -0.350 e. The molecule has 6 rings (SSSR count). The number of rotatable bonds is 4. The molecule has 4 heterocycles. The van der Waals surface area contributed by atoms with Crippen molar-refractivity contribution in [3.8, 4) is 16.9 Å². The van der Waals surface area contributed by atoms with Crippen molar-refractivity contribution in [3.05, 3.63) is 57.3 Å². The third-order valence-electron chi connectivity index (χ3n) is 9.27. The maximum absolute atomic E-state index is 14.1. The zero-order valence-electron chi connectivity index (χ0n) is 23.7. The van der Waals surface area contributed by atoms with Gasteiger partial charge in [-0.3, -0.25) is 14.2 Å². The molecule has 2 saturated heterocycles. The Kier molecular flexibility index (Phi) is 8.81. The molecule has 0 spiro atoms. The van der Waals surface area contributed by atoms with Gasteiger partial charge in [-0.15, -0.1) is 5.10 Å². The second kappa shape index (κ2) is 12.6. The molecular weight excluding hydrogens is 601 g/mol. The molecular formula is C29H34Cl2F2N8O2. The zero-order chi connectivity index (χ0) is 30.2. The van der Waals surface area contributed by atoms with Crippen molar-refractivity contribution in [3.63, 3.8) is 0 Å². The minimum atomic E-state index is -2.68. The highest BCUT2D eigenvalue weighted by Crippen LogP contribution is 2.42. The molecule has 1 saturated carbocycles. The summed E-state index contributed by atoms with van der Waals surface area (Å²) >= 11 is 12.3. The first-order valence-corrected chi connectivity index (χ1v) is 15.5. The van der Waals surface area contributed by atoms with Crippen LogP contribution in [0, 0.1) is 17.8 Å². The van der Waals surface area contributed by atoms with Gasteiger partial charge in [0.05, 0.1) is 36.0 Å². The number of benzene rings is 1. The second-order valence-corrected chi connectivity index (χ2v) is 12.7. The van der Waals surface area contributed by atoms with E-state index in [9.17, 15) is 18.4 Å². The summed E-state index contributed by atoms with van der Waals surface area (Å²) in [6.45, 7) is -0.542. The molecule has 4 unspecified atom stereocenters. The largest absolute Gasteiger partial charge is 0.350 e. The van der Waals surface area contributed by atoms with E-state index in [0.29, 0.717) is 41.2 Å². The lowest BCUT2D eigenvalue weighted by Gasteiger charge is -2.41. The molecule has 1 amide bonds. The van der Waals surface area contributed by atoms with E-state index in [1.54, 1.807) is 35.3 Å². The van der Waals surface area contributed by atoms with Crippen LogP contribution in [0.5, 0.6) is 0 Å². The smallest absolute Gasteiger partial charge is 0.307 e. The quantitative estimate of drug-likeness (QED) is 0.394. The van der Waals surface area contributed by atoms with E-state index >= 15 is 0 Å². The summed E-state index contributed by atoms with van der Waals surface area (Å²) in [5.74, 6) is -0.345. The van der Waals surface area contributed by atoms with Gasteiger partial charge in [-0.1, -0.05) is 48.2 Å². The van der Waals surface area contributed by atoms with E-state index in [1.165, 1.54) is 10.7 Å². The fourth-order valence-electron chi connectivity index (χ4n) is 7.21. The Labute approximate surface area is 257 Å². The van der Waals surface area contributed by atoms with Crippen molar-refractivity contribution in [1.82, 2.24) is 40.3 Å². The van der Waals surface area contributed by atoms with E-state index < -0.39 is 18.6 Å². The van der Waals surface area contributed by atoms with E-state index in [0.717, 1.165) is 30.7 Å². The number of hydrogen-bond acceptors (Lipinski definition) is 7. The normalized spacial score (nSPS) is 28.7. The number of nitrogens with one attached hydrogen (secondary N) is 2. The van der Waals surface area contributed by atoms with Crippen molar-refractivity contribution in [1.29, 1.82) is 0 Å². The van der Waals surface area contributed by atoms with Crippen molar-refractivity contribution in [2.45, 2.75) is 76.5 Å². The highest BCUT2D eigenvalue weighted by atomic mass is 35.5. The number of carbonyl (C=O) groups is 1. The van der Waals surface area contributed by atoms with Crippen LogP contribution in [0.4, 0.5) is 8.78 Å². The average Bonchev–Trinajstić information content (AvgIpc) is 3.61. The summed E-state index contributed by atoms with van der Waals surface area (Å²) in [7, 11) is 0. The standard InChI is InChI=1S/C29H34Cl2F2N8O2/c1-16-4-2-7-23(17-5-3-6-18(10-17)27-22(36-28(16)43)13-35-41(27)29(32)33)39-15-34-21(12-26(39)42)20-11-19(30)8-9-24(20)40-14-25(31)37-38-40/h8-9,11-12,14-18,22-23,27,29,35H,2-7,10,13H2,1H3,(H,36,43)/t16-,17?,18?,22?,23+,27?/m1/s1. The zero-order valence-corrected chi connectivity index (χ0v) is 25.2. The van der Waals surface area contributed by atoms with Gasteiger partial charge in [0.1, 0.15) is 0 Å². The average molecular weight is 636 g/mol. The molecule has 0 radical (unpaired) electrons. The van der Waals surface area contributed by atoms with Gasteiger partial charge in [0.2, 0.25) is 5.91 Å². The van der Waals surface area contributed by atoms with Gasteiger partial charge in [-0.2, -0.15) is 13.8 Å². The van der Waals surface area contributed by atoms with Crippen LogP contribution >= 0.6 is 23.2 Å². The lowest BCUT2D eigenvalue weighted by molar-refractivity contribution is -0.126. The van der Waals surface area contributed by atoms with Gasteiger partial charge in [-0.25, -0.2) is 15.1 Å². The molecule has 43 heavy (non-hydrogen) atoms. The molecule has 1 aromatic carbocycles. The Morgan fingerprint density at radius 3 is 2.58 bits per heavy atom. The third-order valence-corrected chi connectivity index (χ3v) is 9.68. The first-order chi connectivity index (χ1) is 20.7. The van der Waals surface area contributed by atoms with Gasteiger partial charge < -0.3 is 5.32 Å². The Morgan fingerprint density at radius 2 is 1.84 bits per heavy atom. The summed E-state index contributed by atoms with van der Waals surface area (Å²) in [6, 6.07) is 5.58. The highest BCUT2D eigenvalue weighted by Gasteiger charge is 2.46. The number of carbonyl (C=O) groups excluding carboxylic acids is 1. The third kappa shape index (κ3) is 6.20. The SMILES string of the molecule is C[C@@H]1CCC[C@H](n2cnc(-c3cc(Cl)ccc3-n3cc(Cl)nn3)cc2=O)C2CCCC(C2)C2C(CNN2C(F)F)NC1=O. The molecule has 2 N–H and O–H groups in total. The van der Waals surface area contributed by atoms with Crippen molar-refractivity contribution in [2.75, 3.05) is 6.54 Å². The first-order valence-electron chi connectivity index (χ1n) is 14.8. The Bertz CT molecular complexity index is 1530. The number of alkyl halides is 2. The number of aromatic nitrogens is 5. The van der Waals surface area contributed by atoms with Gasteiger partial charge in [0, 0.05) is 35.2 Å². The van der Waals surface area contributed by atoms with E-state index in [1.807, 2.05) is 6.92 Å². The fourth-order valence-corrected chi connectivity index (χ4v) is 7.51. The lowest BCUT2D eigenvalue weighted by Crippen LogP contribution is -2.53.